The maximum Gasteiger partial charge on any atom is 0.407 e. The summed E-state index contributed by atoms with van der Waals surface area (Å²) in [5.74, 6) is -1.01. The molecule has 0 fully saturated rings. The lowest BCUT2D eigenvalue weighted by Crippen LogP contribution is -2.52. The number of hydrogen-bond acceptors (Lipinski definition) is 6. The number of esters is 1. The normalized spacial score (nSPS) is 13.4. The number of nitrogens with one attached hydrogen (secondary N) is 2. The van der Waals surface area contributed by atoms with Crippen LogP contribution in [-0.4, -0.2) is 54.8 Å². The second kappa shape index (κ2) is 11.0. The van der Waals surface area contributed by atoms with E-state index in [2.05, 4.69) is 21.3 Å². The van der Waals surface area contributed by atoms with E-state index >= 15 is 0 Å². The Labute approximate surface area is 196 Å². The number of alkyl carbamates (subject to hydrolysis) is 1. The van der Waals surface area contributed by atoms with Crippen LogP contribution in [-0.2, 0) is 23.9 Å². The number of carbonyl (C=O) groups is 4. The van der Waals surface area contributed by atoms with Crippen LogP contribution in [0.25, 0.3) is 11.1 Å². The number of carboxylic acids is 1. The van der Waals surface area contributed by atoms with E-state index in [4.69, 9.17) is 11.2 Å². The van der Waals surface area contributed by atoms with Gasteiger partial charge >= 0.3 is 18.0 Å². The van der Waals surface area contributed by atoms with Gasteiger partial charge in [-0.15, -0.1) is 12.3 Å². The first-order valence-electron chi connectivity index (χ1n) is 10.5. The van der Waals surface area contributed by atoms with Gasteiger partial charge in [-0.25, -0.2) is 9.59 Å². The SMILES string of the molecule is C#CCC(NC(=O)OCC1c2ccccc2-c2ccccc21)C(=O)N[C@H](CC(=O)OC)C(=O)O. The van der Waals surface area contributed by atoms with Gasteiger partial charge in [0.2, 0.25) is 5.91 Å². The lowest BCUT2D eigenvalue weighted by atomic mass is 9.98. The molecule has 1 aliphatic rings. The molecular formula is C25H24N2O7. The summed E-state index contributed by atoms with van der Waals surface area (Å²) >= 11 is 0. The molecule has 34 heavy (non-hydrogen) atoms. The van der Waals surface area contributed by atoms with Gasteiger partial charge in [0.25, 0.3) is 0 Å². The minimum atomic E-state index is -1.54. The van der Waals surface area contributed by atoms with Gasteiger partial charge in [-0.2, -0.15) is 0 Å². The summed E-state index contributed by atoms with van der Waals surface area (Å²) in [4.78, 5) is 47.8. The number of benzene rings is 2. The summed E-state index contributed by atoms with van der Waals surface area (Å²) in [5, 5.41) is 13.8. The molecule has 0 spiro atoms. The predicted octanol–water partition coefficient (Wildman–Crippen LogP) is 2.05. The van der Waals surface area contributed by atoms with Gasteiger partial charge in [0.05, 0.1) is 13.5 Å². The summed E-state index contributed by atoms with van der Waals surface area (Å²) in [6, 6.07) is 12.9. The molecule has 0 bridgehead atoms. The molecular weight excluding hydrogens is 440 g/mol. The summed E-state index contributed by atoms with van der Waals surface area (Å²) in [5.41, 5.74) is 4.20. The zero-order chi connectivity index (χ0) is 24.7. The van der Waals surface area contributed by atoms with Gasteiger partial charge in [0.15, 0.2) is 0 Å². The Hall–Kier alpha value is -4.32. The number of amides is 2. The Morgan fingerprint density at radius 2 is 1.59 bits per heavy atom. The van der Waals surface area contributed by atoms with E-state index in [-0.39, 0.29) is 18.9 Å². The number of fused-ring (bicyclic) bond motifs is 3. The molecule has 2 aromatic rings. The van der Waals surface area contributed by atoms with E-state index in [0.29, 0.717) is 0 Å². The molecule has 176 valence electrons. The highest BCUT2D eigenvalue weighted by atomic mass is 16.5. The van der Waals surface area contributed by atoms with E-state index in [9.17, 15) is 24.3 Å². The zero-order valence-corrected chi connectivity index (χ0v) is 18.4. The van der Waals surface area contributed by atoms with Crippen molar-refractivity contribution in [2.24, 2.45) is 0 Å². The van der Waals surface area contributed by atoms with Gasteiger partial charge in [0.1, 0.15) is 18.7 Å². The maximum atomic E-state index is 12.5. The first-order valence-corrected chi connectivity index (χ1v) is 10.5. The van der Waals surface area contributed by atoms with Crippen molar-refractivity contribution < 1.29 is 33.8 Å². The highest BCUT2D eigenvalue weighted by Gasteiger charge is 2.31. The second-order valence-corrected chi connectivity index (χ2v) is 7.61. The molecule has 3 rings (SSSR count). The standard InChI is InChI=1S/C25H24N2O7/c1-3-8-20(23(29)26-21(24(30)31)13-22(28)33-2)27-25(32)34-14-19-17-11-6-4-9-15(17)16-10-5-7-12-18(16)19/h1,4-7,9-12,19-21H,8,13-14H2,2H3,(H,26,29)(H,27,32)(H,30,31)/t20?,21-/m1/s1. The molecule has 0 aromatic heterocycles. The number of carbonyl (C=O) groups excluding carboxylic acids is 3. The Kier molecular flexibility index (Phi) is 7.88. The molecule has 1 unspecified atom stereocenters. The number of terminal acetylenes is 1. The predicted molar refractivity (Wildman–Crippen MR) is 122 cm³/mol. The second-order valence-electron chi connectivity index (χ2n) is 7.61. The Morgan fingerprint density at radius 3 is 2.12 bits per heavy atom. The molecule has 0 saturated carbocycles. The van der Waals surface area contributed by atoms with Crippen molar-refractivity contribution in [1.29, 1.82) is 0 Å². The van der Waals surface area contributed by atoms with Gasteiger partial charge in [-0.3, -0.25) is 9.59 Å². The van der Waals surface area contributed by atoms with E-state index in [1.54, 1.807) is 0 Å². The molecule has 2 aromatic carbocycles. The van der Waals surface area contributed by atoms with Gasteiger partial charge in [0, 0.05) is 12.3 Å². The van der Waals surface area contributed by atoms with Crippen LogP contribution in [0.2, 0.25) is 0 Å². The van der Waals surface area contributed by atoms with Crippen molar-refractivity contribution >= 4 is 23.9 Å². The van der Waals surface area contributed by atoms with Crippen LogP contribution < -0.4 is 10.6 Å². The molecule has 0 heterocycles. The van der Waals surface area contributed by atoms with Crippen LogP contribution in [0.5, 0.6) is 0 Å². The van der Waals surface area contributed by atoms with Crippen molar-refractivity contribution in [3.63, 3.8) is 0 Å². The molecule has 2 amide bonds. The fourth-order valence-electron chi connectivity index (χ4n) is 3.83. The highest BCUT2D eigenvalue weighted by molar-refractivity contribution is 5.91. The Morgan fingerprint density at radius 1 is 1.00 bits per heavy atom. The van der Waals surface area contributed by atoms with Crippen molar-refractivity contribution in [3.05, 3.63) is 59.7 Å². The molecule has 0 saturated heterocycles. The Balaban J connectivity index is 1.64. The van der Waals surface area contributed by atoms with Crippen LogP contribution in [0.3, 0.4) is 0 Å². The largest absolute Gasteiger partial charge is 0.480 e. The summed E-state index contributed by atoms with van der Waals surface area (Å²) in [6.45, 7) is 0.0321. The fourth-order valence-corrected chi connectivity index (χ4v) is 3.83. The number of carboxylic acid groups (broad SMARTS) is 1. The number of methoxy groups -OCH3 is 1. The summed E-state index contributed by atoms with van der Waals surface area (Å²) in [6.07, 6.45) is 3.64. The number of aliphatic carboxylic acids is 1. The average Bonchev–Trinajstić information content (AvgIpc) is 3.15. The van der Waals surface area contributed by atoms with Crippen molar-refractivity contribution in [2.75, 3.05) is 13.7 Å². The Bertz CT molecular complexity index is 1090. The molecule has 1 aliphatic carbocycles. The van der Waals surface area contributed by atoms with Crippen molar-refractivity contribution in [1.82, 2.24) is 10.6 Å². The van der Waals surface area contributed by atoms with E-state index in [1.165, 1.54) is 0 Å². The van der Waals surface area contributed by atoms with E-state index in [0.717, 1.165) is 29.4 Å². The monoisotopic (exact) mass is 464 g/mol. The van der Waals surface area contributed by atoms with Crippen LogP contribution in [0.1, 0.15) is 29.9 Å². The highest BCUT2D eigenvalue weighted by Crippen LogP contribution is 2.44. The van der Waals surface area contributed by atoms with Gasteiger partial charge in [-0.05, 0) is 22.3 Å². The van der Waals surface area contributed by atoms with Crippen LogP contribution in [0, 0.1) is 12.3 Å². The van der Waals surface area contributed by atoms with Crippen LogP contribution in [0.15, 0.2) is 48.5 Å². The first kappa shape index (κ1) is 24.3. The smallest absolute Gasteiger partial charge is 0.407 e. The van der Waals surface area contributed by atoms with Crippen LogP contribution >= 0.6 is 0 Å². The average molecular weight is 464 g/mol. The topological polar surface area (TPSA) is 131 Å². The molecule has 9 heteroatoms. The third-order valence-corrected chi connectivity index (χ3v) is 5.49. The molecule has 3 N–H and O–H groups in total. The zero-order valence-electron chi connectivity index (χ0n) is 18.4. The van der Waals surface area contributed by atoms with Gasteiger partial charge < -0.3 is 25.2 Å². The number of ether oxygens (including phenoxy) is 2. The third-order valence-electron chi connectivity index (χ3n) is 5.49. The maximum absolute atomic E-state index is 12.5. The van der Waals surface area contributed by atoms with E-state index < -0.39 is 42.4 Å². The lowest BCUT2D eigenvalue weighted by Gasteiger charge is -2.20. The minimum absolute atomic E-state index is 0.0321. The van der Waals surface area contributed by atoms with Gasteiger partial charge in [-0.1, -0.05) is 48.5 Å². The first-order chi connectivity index (χ1) is 16.3. The van der Waals surface area contributed by atoms with Crippen LogP contribution in [0.4, 0.5) is 4.79 Å². The lowest BCUT2D eigenvalue weighted by molar-refractivity contribution is -0.148. The molecule has 0 radical (unpaired) electrons. The number of hydrogen-bond donors (Lipinski definition) is 3. The molecule has 2 atom stereocenters. The quantitative estimate of drug-likeness (QED) is 0.382. The summed E-state index contributed by atoms with van der Waals surface area (Å²) < 4.78 is 9.85. The molecule has 0 aliphatic heterocycles. The summed E-state index contributed by atoms with van der Waals surface area (Å²) in [7, 11) is 1.10. The van der Waals surface area contributed by atoms with Crippen molar-refractivity contribution in [2.45, 2.75) is 30.8 Å². The van der Waals surface area contributed by atoms with Crippen molar-refractivity contribution in [3.8, 4) is 23.5 Å². The van der Waals surface area contributed by atoms with E-state index in [1.807, 2.05) is 48.5 Å². The molecule has 9 nitrogen and oxygen atoms in total. The fraction of sp³-hybridized carbons (Fsp3) is 0.280. The minimum Gasteiger partial charge on any atom is -0.480 e. The number of rotatable bonds is 9. The third kappa shape index (κ3) is 5.53.